The number of fused-ring (bicyclic) bond motifs is 1. The van der Waals surface area contributed by atoms with Crippen LogP contribution in [0, 0.1) is 17.3 Å². The van der Waals surface area contributed by atoms with Gasteiger partial charge in [-0.15, -0.1) is 0 Å². The summed E-state index contributed by atoms with van der Waals surface area (Å²) in [5, 5.41) is 0. The molecule has 2 rings (SSSR count). The first-order valence-electron chi connectivity index (χ1n) is 5.64. The quantitative estimate of drug-likeness (QED) is 0.559. The number of hydrogen-bond donors (Lipinski definition) is 0. The van der Waals surface area contributed by atoms with Crippen LogP contribution in [-0.2, 0) is 4.79 Å². The highest BCUT2D eigenvalue weighted by Crippen LogP contribution is 2.48. The molecule has 0 aromatic rings. The molecule has 2 saturated carbocycles. The van der Waals surface area contributed by atoms with Crippen LogP contribution in [0.25, 0.3) is 0 Å². The molecule has 0 spiro atoms. The number of rotatable bonds is 0. The molecule has 0 amide bonds. The highest BCUT2D eigenvalue weighted by molar-refractivity contribution is 5.82. The first-order valence-corrected chi connectivity index (χ1v) is 5.64. The molecule has 2 aliphatic rings. The molecule has 13 heavy (non-hydrogen) atoms. The van der Waals surface area contributed by atoms with Crippen molar-refractivity contribution in [2.24, 2.45) is 17.3 Å². The SMILES string of the molecule is CC1(C)CCC(=O)C2CCCCC21. The third-order valence-electron chi connectivity index (χ3n) is 4.20. The second-order valence-corrected chi connectivity index (χ2v) is 5.45. The van der Waals surface area contributed by atoms with E-state index in [2.05, 4.69) is 13.8 Å². The molecule has 2 aliphatic carbocycles. The van der Waals surface area contributed by atoms with Crippen LogP contribution in [0.1, 0.15) is 52.4 Å². The van der Waals surface area contributed by atoms with E-state index in [1.807, 2.05) is 0 Å². The second kappa shape index (κ2) is 3.11. The van der Waals surface area contributed by atoms with Gasteiger partial charge in [0.2, 0.25) is 0 Å². The van der Waals surface area contributed by atoms with E-state index >= 15 is 0 Å². The lowest BCUT2D eigenvalue weighted by Gasteiger charge is -2.45. The van der Waals surface area contributed by atoms with E-state index < -0.39 is 0 Å². The van der Waals surface area contributed by atoms with Crippen molar-refractivity contribution >= 4 is 5.78 Å². The average Bonchev–Trinajstić information content (AvgIpc) is 2.13. The minimum Gasteiger partial charge on any atom is -0.299 e. The normalized spacial score (nSPS) is 38.5. The number of Topliss-reactive ketones (excluding diaryl/α,β-unsaturated/α-hetero) is 1. The summed E-state index contributed by atoms with van der Waals surface area (Å²) in [6, 6.07) is 0. The summed E-state index contributed by atoms with van der Waals surface area (Å²) < 4.78 is 0. The Balaban J connectivity index is 2.19. The number of ketones is 1. The van der Waals surface area contributed by atoms with E-state index in [0.29, 0.717) is 23.0 Å². The van der Waals surface area contributed by atoms with E-state index in [0.717, 1.165) is 12.8 Å². The van der Waals surface area contributed by atoms with Gasteiger partial charge in [-0.1, -0.05) is 26.7 Å². The molecule has 2 atom stereocenters. The van der Waals surface area contributed by atoms with Crippen molar-refractivity contribution in [3.63, 3.8) is 0 Å². The van der Waals surface area contributed by atoms with Crippen molar-refractivity contribution < 1.29 is 4.79 Å². The zero-order chi connectivity index (χ0) is 9.47. The summed E-state index contributed by atoms with van der Waals surface area (Å²) in [6.45, 7) is 4.70. The van der Waals surface area contributed by atoms with Gasteiger partial charge in [0.15, 0.2) is 0 Å². The van der Waals surface area contributed by atoms with Gasteiger partial charge in [0, 0.05) is 12.3 Å². The van der Waals surface area contributed by atoms with Gasteiger partial charge in [0.25, 0.3) is 0 Å². The molecule has 0 saturated heterocycles. The van der Waals surface area contributed by atoms with Crippen LogP contribution < -0.4 is 0 Å². The van der Waals surface area contributed by atoms with E-state index in [4.69, 9.17) is 0 Å². The van der Waals surface area contributed by atoms with Crippen LogP contribution in [-0.4, -0.2) is 5.78 Å². The molecule has 0 aromatic heterocycles. The molecule has 0 bridgehead atoms. The Labute approximate surface area is 80.9 Å². The van der Waals surface area contributed by atoms with Crippen LogP contribution in [0.4, 0.5) is 0 Å². The summed E-state index contributed by atoms with van der Waals surface area (Å²) in [7, 11) is 0. The summed E-state index contributed by atoms with van der Waals surface area (Å²) in [5.41, 5.74) is 0.430. The number of carbonyl (C=O) groups excluding carboxylic acids is 1. The Bertz CT molecular complexity index is 217. The lowest BCUT2D eigenvalue weighted by Crippen LogP contribution is -2.41. The molecule has 0 aliphatic heterocycles. The minimum atomic E-state index is 0.428. The van der Waals surface area contributed by atoms with Crippen molar-refractivity contribution in [3.05, 3.63) is 0 Å². The average molecular weight is 180 g/mol. The van der Waals surface area contributed by atoms with E-state index in [1.54, 1.807) is 0 Å². The van der Waals surface area contributed by atoms with Crippen molar-refractivity contribution in [2.75, 3.05) is 0 Å². The van der Waals surface area contributed by atoms with Crippen molar-refractivity contribution in [3.8, 4) is 0 Å². The lowest BCUT2D eigenvalue weighted by molar-refractivity contribution is -0.133. The summed E-state index contributed by atoms with van der Waals surface area (Å²) >= 11 is 0. The zero-order valence-corrected chi connectivity index (χ0v) is 8.81. The van der Waals surface area contributed by atoms with Gasteiger partial charge in [-0.05, 0) is 30.6 Å². The molecule has 74 valence electrons. The Hall–Kier alpha value is -0.330. The van der Waals surface area contributed by atoms with Crippen LogP contribution in [0.5, 0.6) is 0 Å². The van der Waals surface area contributed by atoms with Gasteiger partial charge in [0.1, 0.15) is 5.78 Å². The Morgan fingerprint density at radius 1 is 1.23 bits per heavy atom. The summed E-state index contributed by atoms with van der Waals surface area (Å²) in [4.78, 5) is 11.7. The molecule has 0 radical (unpaired) electrons. The smallest absolute Gasteiger partial charge is 0.136 e. The van der Waals surface area contributed by atoms with Crippen LogP contribution in [0.3, 0.4) is 0 Å². The third kappa shape index (κ3) is 1.53. The predicted molar refractivity (Wildman–Crippen MR) is 53.5 cm³/mol. The van der Waals surface area contributed by atoms with E-state index in [1.165, 1.54) is 25.7 Å². The maximum Gasteiger partial charge on any atom is 0.136 e. The number of carbonyl (C=O) groups is 1. The van der Waals surface area contributed by atoms with Gasteiger partial charge in [-0.2, -0.15) is 0 Å². The van der Waals surface area contributed by atoms with Crippen LogP contribution in [0.2, 0.25) is 0 Å². The molecule has 0 heterocycles. The second-order valence-electron chi connectivity index (χ2n) is 5.45. The minimum absolute atomic E-state index is 0.428. The molecule has 2 fully saturated rings. The molecule has 1 heteroatoms. The Morgan fingerprint density at radius 2 is 1.92 bits per heavy atom. The molecule has 0 aromatic carbocycles. The first-order chi connectivity index (χ1) is 6.11. The standard InChI is InChI=1S/C12H20O/c1-12(2)8-7-11(13)9-5-3-4-6-10(9)12/h9-10H,3-8H2,1-2H3. The first kappa shape index (κ1) is 9.23. The maximum atomic E-state index is 11.7. The maximum absolute atomic E-state index is 11.7. The Kier molecular flexibility index (Phi) is 2.21. The molecule has 1 nitrogen and oxygen atoms in total. The van der Waals surface area contributed by atoms with Gasteiger partial charge in [0.05, 0.1) is 0 Å². The summed E-state index contributed by atoms with van der Waals surface area (Å²) in [5.74, 6) is 1.68. The summed E-state index contributed by atoms with van der Waals surface area (Å²) in [6.07, 6.45) is 7.05. The molecule has 2 unspecified atom stereocenters. The predicted octanol–water partition coefficient (Wildman–Crippen LogP) is 3.18. The fourth-order valence-electron chi connectivity index (χ4n) is 3.27. The highest BCUT2D eigenvalue weighted by Gasteiger charge is 2.43. The fourth-order valence-corrected chi connectivity index (χ4v) is 3.27. The topological polar surface area (TPSA) is 17.1 Å². The highest BCUT2D eigenvalue weighted by atomic mass is 16.1. The van der Waals surface area contributed by atoms with Crippen LogP contribution >= 0.6 is 0 Å². The van der Waals surface area contributed by atoms with Crippen molar-refractivity contribution in [1.29, 1.82) is 0 Å². The molecular weight excluding hydrogens is 160 g/mol. The largest absolute Gasteiger partial charge is 0.299 e. The lowest BCUT2D eigenvalue weighted by atomic mass is 9.58. The van der Waals surface area contributed by atoms with Crippen LogP contribution in [0.15, 0.2) is 0 Å². The van der Waals surface area contributed by atoms with Gasteiger partial charge >= 0.3 is 0 Å². The van der Waals surface area contributed by atoms with Gasteiger partial charge < -0.3 is 0 Å². The third-order valence-corrected chi connectivity index (χ3v) is 4.20. The van der Waals surface area contributed by atoms with Crippen molar-refractivity contribution in [1.82, 2.24) is 0 Å². The number of hydrogen-bond acceptors (Lipinski definition) is 1. The van der Waals surface area contributed by atoms with Crippen molar-refractivity contribution in [2.45, 2.75) is 52.4 Å². The zero-order valence-electron chi connectivity index (χ0n) is 8.81. The van der Waals surface area contributed by atoms with E-state index in [9.17, 15) is 4.79 Å². The fraction of sp³-hybridized carbons (Fsp3) is 0.917. The molecule has 0 N–H and O–H groups in total. The monoisotopic (exact) mass is 180 g/mol. The Morgan fingerprint density at radius 3 is 2.62 bits per heavy atom. The molecular formula is C12H20O. The van der Waals surface area contributed by atoms with Gasteiger partial charge in [-0.25, -0.2) is 0 Å². The van der Waals surface area contributed by atoms with Gasteiger partial charge in [-0.3, -0.25) is 4.79 Å². The van der Waals surface area contributed by atoms with E-state index in [-0.39, 0.29) is 0 Å².